The Kier molecular flexibility index (Phi) is 4.53. The van der Waals surface area contributed by atoms with E-state index in [4.69, 9.17) is 11.6 Å². The van der Waals surface area contributed by atoms with Gasteiger partial charge in [-0.25, -0.2) is 13.2 Å². The molecule has 2 rings (SSSR count). The molecular weight excluding hydrogens is 341 g/mol. The van der Waals surface area contributed by atoms with Crippen molar-refractivity contribution in [3.8, 4) is 0 Å². The summed E-state index contributed by atoms with van der Waals surface area (Å²) in [6, 6.07) is 8.13. The van der Waals surface area contributed by atoms with Crippen LogP contribution >= 0.6 is 27.5 Å². The summed E-state index contributed by atoms with van der Waals surface area (Å²) in [5.41, 5.74) is 1.41. The average Bonchev–Trinajstić information content (AvgIpc) is 2.37. The molecule has 100 valence electrons. The lowest BCUT2D eigenvalue weighted by Gasteiger charge is -2.11. The highest BCUT2D eigenvalue weighted by molar-refractivity contribution is 9.09. The lowest BCUT2D eigenvalue weighted by Crippen LogP contribution is -1.97. The topological polar surface area (TPSA) is 0 Å². The lowest BCUT2D eigenvalue weighted by molar-refractivity contribution is 0.507. The summed E-state index contributed by atoms with van der Waals surface area (Å²) in [4.78, 5) is -0.157. The highest BCUT2D eigenvalue weighted by Crippen LogP contribution is 2.30. The van der Waals surface area contributed by atoms with Crippen molar-refractivity contribution in [3.63, 3.8) is 0 Å². The molecule has 0 spiro atoms. The van der Waals surface area contributed by atoms with Gasteiger partial charge in [0.2, 0.25) is 0 Å². The lowest BCUT2D eigenvalue weighted by atomic mass is 10.0. The number of halogens is 5. The molecule has 2 aromatic rings. The van der Waals surface area contributed by atoms with E-state index < -0.39 is 17.5 Å². The van der Waals surface area contributed by atoms with Gasteiger partial charge in [-0.2, -0.15) is 0 Å². The summed E-state index contributed by atoms with van der Waals surface area (Å²) in [5.74, 6) is -2.24. The fraction of sp³-hybridized carbons (Fsp3) is 0.143. The zero-order chi connectivity index (χ0) is 14.0. The second-order valence-electron chi connectivity index (χ2n) is 4.09. The van der Waals surface area contributed by atoms with Gasteiger partial charge < -0.3 is 0 Å². The quantitative estimate of drug-likeness (QED) is 0.648. The summed E-state index contributed by atoms with van der Waals surface area (Å²) < 4.78 is 38.9. The van der Waals surface area contributed by atoms with E-state index in [1.807, 2.05) is 0 Å². The Morgan fingerprint density at radius 3 is 2.26 bits per heavy atom. The monoisotopic (exact) mass is 348 g/mol. The maximum atomic E-state index is 13.1. The van der Waals surface area contributed by atoms with Gasteiger partial charge in [0.15, 0.2) is 11.6 Å². The predicted molar refractivity (Wildman–Crippen MR) is 73.1 cm³/mol. The summed E-state index contributed by atoms with van der Waals surface area (Å²) in [7, 11) is 0. The second kappa shape index (κ2) is 5.97. The smallest absolute Gasteiger partial charge is 0.159 e. The maximum Gasteiger partial charge on any atom is 0.159 e. The van der Waals surface area contributed by atoms with Crippen LogP contribution in [0.25, 0.3) is 0 Å². The minimum Gasteiger partial charge on any atom is -0.205 e. The third kappa shape index (κ3) is 3.51. The number of hydrogen-bond donors (Lipinski definition) is 0. The van der Waals surface area contributed by atoms with Gasteiger partial charge in [0.25, 0.3) is 0 Å². The molecule has 0 amide bonds. The van der Waals surface area contributed by atoms with Gasteiger partial charge >= 0.3 is 0 Å². The van der Waals surface area contributed by atoms with Crippen LogP contribution in [0, 0.1) is 17.5 Å². The molecule has 0 fully saturated rings. The van der Waals surface area contributed by atoms with Crippen LogP contribution in [0.2, 0.25) is 5.02 Å². The van der Waals surface area contributed by atoms with Gasteiger partial charge in [-0.15, -0.1) is 0 Å². The van der Waals surface area contributed by atoms with Crippen LogP contribution in [-0.4, -0.2) is 0 Å². The van der Waals surface area contributed by atoms with Crippen molar-refractivity contribution < 1.29 is 13.2 Å². The Morgan fingerprint density at radius 1 is 0.947 bits per heavy atom. The van der Waals surface area contributed by atoms with Gasteiger partial charge in [-0.1, -0.05) is 39.7 Å². The first-order chi connectivity index (χ1) is 8.97. The van der Waals surface area contributed by atoms with Crippen LogP contribution in [0.3, 0.4) is 0 Å². The zero-order valence-electron chi connectivity index (χ0n) is 9.64. The molecule has 0 radical (unpaired) electrons. The number of benzene rings is 2. The minimum atomic E-state index is -0.880. The molecule has 2 aromatic carbocycles. The number of rotatable bonds is 3. The molecule has 0 aromatic heterocycles. The van der Waals surface area contributed by atoms with Crippen molar-refractivity contribution in [1.82, 2.24) is 0 Å². The van der Waals surface area contributed by atoms with Crippen LogP contribution in [0.4, 0.5) is 13.2 Å². The van der Waals surface area contributed by atoms with E-state index in [0.717, 1.165) is 17.7 Å². The Labute approximate surface area is 122 Å². The van der Waals surface area contributed by atoms with Crippen LogP contribution in [0.15, 0.2) is 36.4 Å². The molecule has 0 saturated heterocycles. The fourth-order valence-corrected chi connectivity index (χ4v) is 2.55. The molecule has 0 aliphatic heterocycles. The highest BCUT2D eigenvalue weighted by atomic mass is 79.9. The van der Waals surface area contributed by atoms with E-state index in [-0.39, 0.29) is 9.85 Å². The van der Waals surface area contributed by atoms with Crippen molar-refractivity contribution in [2.24, 2.45) is 0 Å². The molecule has 0 saturated carbocycles. The Morgan fingerprint density at radius 2 is 1.63 bits per heavy atom. The molecule has 0 aliphatic carbocycles. The van der Waals surface area contributed by atoms with Gasteiger partial charge in [-0.05, 0) is 41.8 Å². The molecule has 1 atom stereocenters. The molecule has 19 heavy (non-hydrogen) atoms. The Bertz CT molecular complexity index is 601. The zero-order valence-corrected chi connectivity index (χ0v) is 12.0. The molecule has 0 bridgehead atoms. The maximum absolute atomic E-state index is 13.1. The molecule has 0 heterocycles. The van der Waals surface area contributed by atoms with E-state index in [0.29, 0.717) is 12.0 Å². The SMILES string of the molecule is Fc1ccc(CC(Br)c2ccc(F)c(Cl)c2)cc1F. The summed E-state index contributed by atoms with van der Waals surface area (Å²) in [6.07, 6.45) is 0.444. The first-order valence-corrected chi connectivity index (χ1v) is 6.79. The number of alkyl halides is 1. The van der Waals surface area contributed by atoms with Gasteiger partial charge in [0.05, 0.1) is 5.02 Å². The molecule has 0 aliphatic rings. The normalized spacial score (nSPS) is 12.5. The van der Waals surface area contributed by atoms with Crippen molar-refractivity contribution in [2.75, 3.05) is 0 Å². The first-order valence-electron chi connectivity index (χ1n) is 5.50. The average molecular weight is 350 g/mol. The second-order valence-corrected chi connectivity index (χ2v) is 5.61. The Hall–Kier alpha value is -1.00. The fourth-order valence-electron chi connectivity index (χ4n) is 1.70. The predicted octanol–water partition coefficient (Wildman–Crippen LogP) is 5.44. The van der Waals surface area contributed by atoms with E-state index in [9.17, 15) is 13.2 Å². The van der Waals surface area contributed by atoms with Gasteiger partial charge in [0, 0.05) is 4.83 Å². The van der Waals surface area contributed by atoms with Crippen molar-refractivity contribution in [2.45, 2.75) is 11.2 Å². The highest BCUT2D eigenvalue weighted by Gasteiger charge is 2.12. The van der Waals surface area contributed by atoms with E-state index in [1.165, 1.54) is 18.2 Å². The van der Waals surface area contributed by atoms with E-state index in [2.05, 4.69) is 15.9 Å². The van der Waals surface area contributed by atoms with Crippen molar-refractivity contribution in [3.05, 3.63) is 70.0 Å². The van der Waals surface area contributed by atoms with E-state index >= 15 is 0 Å². The third-order valence-electron chi connectivity index (χ3n) is 2.70. The molecule has 1 unspecified atom stereocenters. The van der Waals surface area contributed by atoms with Crippen LogP contribution in [0.5, 0.6) is 0 Å². The summed E-state index contributed by atoms with van der Waals surface area (Å²) in [6.45, 7) is 0. The molecule has 0 N–H and O–H groups in total. The van der Waals surface area contributed by atoms with Gasteiger partial charge in [0.1, 0.15) is 5.82 Å². The van der Waals surface area contributed by atoms with Crippen molar-refractivity contribution >= 4 is 27.5 Å². The third-order valence-corrected chi connectivity index (χ3v) is 3.85. The molecular formula is C14H9BrClF3. The Balaban J connectivity index is 2.17. The summed E-state index contributed by atoms with van der Waals surface area (Å²) in [5, 5.41) is 0.0345. The standard InChI is InChI=1S/C14H9BrClF3/c15-10(9-2-4-12(17)11(16)7-9)5-8-1-3-13(18)14(19)6-8/h1-4,6-7,10H,5H2. The summed E-state index contributed by atoms with van der Waals surface area (Å²) >= 11 is 9.13. The molecule has 5 heteroatoms. The van der Waals surface area contributed by atoms with Crippen LogP contribution in [-0.2, 0) is 6.42 Å². The number of hydrogen-bond acceptors (Lipinski definition) is 0. The van der Waals surface area contributed by atoms with Crippen LogP contribution in [0.1, 0.15) is 16.0 Å². The molecule has 0 nitrogen and oxygen atoms in total. The minimum absolute atomic E-state index is 0.0345. The largest absolute Gasteiger partial charge is 0.205 e. The van der Waals surface area contributed by atoms with Crippen LogP contribution < -0.4 is 0 Å². The van der Waals surface area contributed by atoms with E-state index in [1.54, 1.807) is 6.07 Å². The first kappa shape index (κ1) is 14.4. The van der Waals surface area contributed by atoms with Crippen molar-refractivity contribution in [1.29, 1.82) is 0 Å². The van der Waals surface area contributed by atoms with Gasteiger partial charge in [-0.3, -0.25) is 0 Å².